The summed E-state index contributed by atoms with van der Waals surface area (Å²) in [5.41, 5.74) is 1.55. The molecule has 2 unspecified atom stereocenters. The SMILES string of the molecule is CCCC(O)COC(c1cccc(C(=O)CC)c1OC)C1CC1. The van der Waals surface area contributed by atoms with E-state index in [2.05, 4.69) is 0 Å². The van der Waals surface area contributed by atoms with E-state index < -0.39 is 6.10 Å². The van der Waals surface area contributed by atoms with Crippen molar-refractivity contribution in [3.8, 4) is 5.75 Å². The lowest BCUT2D eigenvalue weighted by Gasteiger charge is -2.23. The summed E-state index contributed by atoms with van der Waals surface area (Å²) in [5, 5.41) is 9.94. The Bertz CT molecular complexity index is 522. The summed E-state index contributed by atoms with van der Waals surface area (Å²) in [6.07, 6.45) is 3.80. The van der Waals surface area contributed by atoms with E-state index in [1.165, 1.54) is 0 Å². The van der Waals surface area contributed by atoms with Crippen molar-refractivity contribution in [3.63, 3.8) is 0 Å². The van der Waals surface area contributed by atoms with Crippen LogP contribution in [0.15, 0.2) is 18.2 Å². The van der Waals surface area contributed by atoms with Crippen LogP contribution in [0.4, 0.5) is 0 Å². The summed E-state index contributed by atoms with van der Waals surface area (Å²) in [7, 11) is 1.60. The number of benzene rings is 1. The van der Waals surface area contributed by atoms with Gasteiger partial charge >= 0.3 is 0 Å². The second-order valence-electron chi connectivity index (χ2n) is 6.24. The molecule has 0 saturated heterocycles. The van der Waals surface area contributed by atoms with E-state index >= 15 is 0 Å². The molecule has 0 aromatic heterocycles. The predicted molar refractivity (Wildman–Crippen MR) is 89.9 cm³/mol. The molecule has 2 rings (SSSR count). The molecule has 4 heteroatoms. The zero-order chi connectivity index (χ0) is 16.8. The van der Waals surface area contributed by atoms with E-state index in [0.29, 0.717) is 30.3 Å². The highest BCUT2D eigenvalue weighted by molar-refractivity contribution is 5.98. The Morgan fingerprint density at radius 1 is 1.35 bits per heavy atom. The fourth-order valence-corrected chi connectivity index (χ4v) is 2.93. The number of ketones is 1. The molecule has 0 amide bonds. The molecule has 0 spiro atoms. The molecule has 4 nitrogen and oxygen atoms in total. The third-order valence-electron chi connectivity index (χ3n) is 4.32. The molecule has 0 bridgehead atoms. The maximum absolute atomic E-state index is 12.1. The first-order valence-corrected chi connectivity index (χ1v) is 8.62. The number of para-hydroxylation sites is 1. The largest absolute Gasteiger partial charge is 0.496 e. The monoisotopic (exact) mass is 320 g/mol. The minimum absolute atomic E-state index is 0.0734. The number of rotatable bonds is 10. The topological polar surface area (TPSA) is 55.8 Å². The van der Waals surface area contributed by atoms with Gasteiger partial charge in [0, 0.05) is 12.0 Å². The highest BCUT2D eigenvalue weighted by Crippen LogP contribution is 2.46. The minimum Gasteiger partial charge on any atom is -0.496 e. The van der Waals surface area contributed by atoms with Gasteiger partial charge in [0.25, 0.3) is 0 Å². The van der Waals surface area contributed by atoms with Gasteiger partial charge in [-0.25, -0.2) is 0 Å². The second kappa shape index (κ2) is 8.46. The summed E-state index contributed by atoms with van der Waals surface area (Å²) in [6.45, 7) is 4.22. The van der Waals surface area contributed by atoms with Crippen LogP contribution in [0.3, 0.4) is 0 Å². The molecule has 2 atom stereocenters. The van der Waals surface area contributed by atoms with Gasteiger partial charge in [-0.3, -0.25) is 4.79 Å². The molecule has 0 heterocycles. The van der Waals surface area contributed by atoms with Gasteiger partial charge in [0.1, 0.15) is 5.75 Å². The number of methoxy groups -OCH3 is 1. The highest BCUT2D eigenvalue weighted by atomic mass is 16.5. The van der Waals surface area contributed by atoms with Crippen molar-refractivity contribution in [1.82, 2.24) is 0 Å². The smallest absolute Gasteiger partial charge is 0.166 e. The molecular formula is C19H28O4. The molecule has 128 valence electrons. The van der Waals surface area contributed by atoms with E-state index in [-0.39, 0.29) is 11.9 Å². The number of carbonyl (C=O) groups excluding carboxylic acids is 1. The van der Waals surface area contributed by atoms with Gasteiger partial charge < -0.3 is 14.6 Å². The van der Waals surface area contributed by atoms with E-state index in [0.717, 1.165) is 31.2 Å². The molecule has 1 fully saturated rings. The summed E-state index contributed by atoms with van der Waals surface area (Å²) in [6, 6.07) is 5.67. The van der Waals surface area contributed by atoms with Gasteiger partial charge in [-0.2, -0.15) is 0 Å². The summed E-state index contributed by atoms with van der Waals surface area (Å²) in [4.78, 5) is 12.1. The van der Waals surface area contributed by atoms with E-state index in [9.17, 15) is 9.90 Å². The highest BCUT2D eigenvalue weighted by Gasteiger charge is 2.36. The first-order chi connectivity index (χ1) is 11.1. The zero-order valence-corrected chi connectivity index (χ0v) is 14.4. The fourth-order valence-electron chi connectivity index (χ4n) is 2.93. The van der Waals surface area contributed by atoms with Crippen LogP contribution in [0.5, 0.6) is 5.75 Å². The van der Waals surface area contributed by atoms with Gasteiger partial charge in [0.2, 0.25) is 0 Å². The Morgan fingerprint density at radius 2 is 2.09 bits per heavy atom. The van der Waals surface area contributed by atoms with Crippen LogP contribution < -0.4 is 4.74 Å². The van der Waals surface area contributed by atoms with Gasteiger partial charge in [-0.15, -0.1) is 0 Å². The first-order valence-electron chi connectivity index (χ1n) is 8.62. The van der Waals surface area contributed by atoms with Crippen molar-refractivity contribution < 1.29 is 19.4 Å². The molecular weight excluding hydrogens is 292 g/mol. The zero-order valence-electron chi connectivity index (χ0n) is 14.4. The molecule has 1 aromatic rings. The Hall–Kier alpha value is -1.39. The third kappa shape index (κ3) is 4.55. The van der Waals surface area contributed by atoms with E-state index in [1.54, 1.807) is 7.11 Å². The van der Waals surface area contributed by atoms with Crippen LogP contribution in [0, 0.1) is 5.92 Å². The lowest BCUT2D eigenvalue weighted by Crippen LogP contribution is -2.19. The third-order valence-corrected chi connectivity index (χ3v) is 4.32. The molecule has 1 saturated carbocycles. The number of aliphatic hydroxyl groups excluding tert-OH is 1. The fraction of sp³-hybridized carbons (Fsp3) is 0.632. The van der Waals surface area contributed by atoms with Crippen molar-refractivity contribution in [3.05, 3.63) is 29.3 Å². The van der Waals surface area contributed by atoms with Gasteiger partial charge in [0.05, 0.1) is 31.5 Å². The Labute approximate surface area is 138 Å². The number of hydrogen-bond acceptors (Lipinski definition) is 4. The molecule has 1 N–H and O–H groups in total. The van der Waals surface area contributed by atoms with Crippen molar-refractivity contribution >= 4 is 5.78 Å². The number of hydrogen-bond donors (Lipinski definition) is 1. The van der Waals surface area contributed by atoms with Crippen LogP contribution >= 0.6 is 0 Å². The van der Waals surface area contributed by atoms with Crippen molar-refractivity contribution in [2.45, 2.75) is 58.2 Å². The Kier molecular flexibility index (Phi) is 6.60. The van der Waals surface area contributed by atoms with Crippen molar-refractivity contribution in [2.24, 2.45) is 5.92 Å². The van der Waals surface area contributed by atoms with Crippen LogP contribution in [0.25, 0.3) is 0 Å². The van der Waals surface area contributed by atoms with Gasteiger partial charge in [-0.05, 0) is 31.2 Å². The van der Waals surface area contributed by atoms with Crippen LogP contribution in [0.1, 0.15) is 68.0 Å². The molecule has 23 heavy (non-hydrogen) atoms. The van der Waals surface area contributed by atoms with Crippen LogP contribution in [0.2, 0.25) is 0 Å². The first kappa shape index (κ1) is 18.0. The van der Waals surface area contributed by atoms with Gasteiger partial charge in [0.15, 0.2) is 5.78 Å². The van der Waals surface area contributed by atoms with E-state index in [4.69, 9.17) is 9.47 Å². The number of aliphatic hydroxyl groups is 1. The predicted octanol–water partition coefficient (Wildman–Crippen LogP) is 3.92. The summed E-state index contributed by atoms with van der Waals surface area (Å²) in [5.74, 6) is 1.15. The molecule has 1 aromatic carbocycles. The molecule has 0 radical (unpaired) electrons. The van der Waals surface area contributed by atoms with Crippen LogP contribution in [-0.2, 0) is 4.74 Å². The molecule has 1 aliphatic rings. The minimum atomic E-state index is -0.437. The number of ether oxygens (including phenoxy) is 2. The summed E-state index contributed by atoms with van der Waals surface area (Å²) < 4.78 is 11.6. The van der Waals surface area contributed by atoms with Crippen molar-refractivity contribution in [1.29, 1.82) is 0 Å². The Balaban J connectivity index is 2.23. The number of carbonyl (C=O) groups is 1. The normalized spacial score (nSPS) is 16.9. The summed E-state index contributed by atoms with van der Waals surface area (Å²) >= 11 is 0. The van der Waals surface area contributed by atoms with Crippen LogP contribution in [-0.4, -0.2) is 30.7 Å². The average molecular weight is 320 g/mol. The average Bonchev–Trinajstić information content (AvgIpc) is 3.39. The lowest BCUT2D eigenvalue weighted by atomic mass is 9.98. The quantitative estimate of drug-likeness (QED) is 0.664. The maximum Gasteiger partial charge on any atom is 0.166 e. The van der Waals surface area contributed by atoms with Gasteiger partial charge in [-0.1, -0.05) is 32.4 Å². The molecule has 1 aliphatic carbocycles. The maximum atomic E-state index is 12.1. The number of Topliss-reactive ketones (excluding diaryl/α,β-unsaturated/α-hetero) is 1. The lowest BCUT2D eigenvalue weighted by molar-refractivity contribution is -0.0235. The molecule has 0 aliphatic heterocycles. The van der Waals surface area contributed by atoms with Crippen molar-refractivity contribution in [2.75, 3.05) is 13.7 Å². The standard InChI is InChI=1S/C19H28O4/c1-4-7-14(20)12-23-18(13-10-11-13)16-9-6-8-15(17(21)5-2)19(16)22-3/h6,8-9,13-14,18,20H,4-5,7,10-12H2,1-3H3. The Morgan fingerprint density at radius 3 is 2.65 bits per heavy atom. The van der Waals surface area contributed by atoms with E-state index in [1.807, 2.05) is 32.0 Å². The second-order valence-corrected chi connectivity index (χ2v) is 6.24.